The Hall–Kier alpha value is -3.30. The van der Waals surface area contributed by atoms with Crippen LogP contribution in [0.15, 0.2) is 53.4 Å². The molecule has 0 unspecified atom stereocenters. The van der Waals surface area contributed by atoms with Gasteiger partial charge in [-0.1, -0.05) is 29.8 Å². The van der Waals surface area contributed by atoms with E-state index >= 15 is 0 Å². The zero-order valence-corrected chi connectivity index (χ0v) is 19.7. The Morgan fingerprint density at radius 3 is 2.47 bits per heavy atom. The average molecular weight is 483 g/mol. The summed E-state index contributed by atoms with van der Waals surface area (Å²) in [6.45, 7) is 4.37. The number of ether oxygens (including phenoxy) is 3. The van der Waals surface area contributed by atoms with Gasteiger partial charge in [0.25, 0.3) is 11.1 Å². The monoisotopic (exact) mass is 482 g/mol. The molecule has 3 amide bonds. The third-order valence-corrected chi connectivity index (χ3v) is 6.24. The quantitative estimate of drug-likeness (QED) is 0.421. The highest BCUT2D eigenvalue weighted by Gasteiger charge is 2.37. The second-order valence-corrected chi connectivity index (χ2v) is 8.84. The van der Waals surface area contributed by atoms with Crippen molar-refractivity contribution in [2.75, 3.05) is 46.1 Å². The van der Waals surface area contributed by atoms with Gasteiger partial charge >= 0.3 is 0 Å². The molecule has 4 rings (SSSR count). The van der Waals surface area contributed by atoms with Crippen molar-refractivity contribution in [2.45, 2.75) is 6.92 Å². The summed E-state index contributed by atoms with van der Waals surface area (Å²) in [5.74, 6) is 0.693. The number of morpholine rings is 1. The van der Waals surface area contributed by atoms with E-state index < -0.39 is 11.1 Å². The van der Waals surface area contributed by atoms with Crippen molar-refractivity contribution in [3.8, 4) is 11.5 Å². The van der Waals surface area contributed by atoms with E-state index in [-0.39, 0.29) is 17.4 Å². The number of imide groups is 1. The van der Waals surface area contributed by atoms with Crippen LogP contribution in [0.5, 0.6) is 11.5 Å². The average Bonchev–Trinajstić information content (AvgIpc) is 3.11. The lowest BCUT2D eigenvalue weighted by Crippen LogP contribution is -2.46. The first kappa shape index (κ1) is 23.8. The van der Waals surface area contributed by atoms with Gasteiger partial charge in [-0.15, -0.1) is 0 Å². The van der Waals surface area contributed by atoms with E-state index in [9.17, 15) is 14.4 Å². The molecule has 2 fully saturated rings. The van der Waals surface area contributed by atoms with Crippen molar-refractivity contribution in [2.24, 2.45) is 0 Å². The normalized spacial score (nSPS) is 17.4. The van der Waals surface area contributed by atoms with Crippen molar-refractivity contribution in [3.63, 3.8) is 0 Å². The molecule has 2 aliphatic rings. The minimum Gasteiger partial charge on any atom is -0.490 e. The molecule has 0 saturated carbocycles. The van der Waals surface area contributed by atoms with Gasteiger partial charge in [0.05, 0.1) is 18.1 Å². The number of thioether (sulfide) groups is 1. The molecule has 0 atom stereocenters. The van der Waals surface area contributed by atoms with Crippen molar-refractivity contribution in [1.82, 2.24) is 9.80 Å². The fourth-order valence-corrected chi connectivity index (χ4v) is 4.32. The Labute approximate surface area is 202 Å². The maximum atomic E-state index is 12.8. The topological polar surface area (TPSA) is 85.4 Å². The van der Waals surface area contributed by atoms with Crippen molar-refractivity contribution in [1.29, 1.82) is 0 Å². The molecule has 2 aliphatic heterocycles. The molecule has 0 spiro atoms. The van der Waals surface area contributed by atoms with E-state index in [4.69, 9.17) is 14.2 Å². The van der Waals surface area contributed by atoms with E-state index in [1.165, 1.54) is 5.56 Å². The third-order valence-electron chi connectivity index (χ3n) is 5.33. The fourth-order valence-electron chi connectivity index (χ4n) is 3.48. The lowest BCUT2D eigenvalue weighted by atomic mass is 10.2. The fraction of sp³-hybridized carbons (Fsp3) is 0.320. The van der Waals surface area contributed by atoms with Crippen LogP contribution in [0.3, 0.4) is 0 Å². The van der Waals surface area contributed by atoms with Gasteiger partial charge in [-0.3, -0.25) is 19.3 Å². The first-order chi connectivity index (χ1) is 16.5. The van der Waals surface area contributed by atoms with Crippen LogP contribution in [0.4, 0.5) is 4.79 Å². The van der Waals surface area contributed by atoms with Crippen LogP contribution in [-0.4, -0.2) is 72.9 Å². The first-order valence-electron chi connectivity index (χ1n) is 11.0. The number of hydrogen-bond donors (Lipinski definition) is 0. The van der Waals surface area contributed by atoms with Gasteiger partial charge < -0.3 is 19.1 Å². The highest BCUT2D eigenvalue weighted by molar-refractivity contribution is 8.18. The van der Waals surface area contributed by atoms with Crippen LogP contribution in [0, 0.1) is 6.92 Å². The second kappa shape index (κ2) is 11.2. The Morgan fingerprint density at radius 1 is 1.03 bits per heavy atom. The van der Waals surface area contributed by atoms with Crippen LogP contribution in [-0.2, 0) is 14.3 Å². The zero-order chi connectivity index (χ0) is 23.9. The Morgan fingerprint density at radius 2 is 1.74 bits per heavy atom. The molecule has 8 nitrogen and oxygen atoms in total. The Balaban J connectivity index is 1.32. The number of benzene rings is 2. The largest absolute Gasteiger partial charge is 0.490 e. The van der Waals surface area contributed by atoms with Crippen LogP contribution < -0.4 is 9.47 Å². The van der Waals surface area contributed by atoms with E-state index in [1.807, 2.05) is 49.4 Å². The number of amides is 3. The molecule has 2 heterocycles. The van der Waals surface area contributed by atoms with Crippen LogP contribution >= 0.6 is 11.8 Å². The summed E-state index contributed by atoms with van der Waals surface area (Å²) >= 11 is 0.833. The lowest BCUT2D eigenvalue weighted by molar-refractivity contribution is -0.139. The lowest BCUT2D eigenvalue weighted by Gasteiger charge is -2.28. The molecule has 2 aromatic rings. The number of rotatable bonds is 8. The van der Waals surface area contributed by atoms with Crippen molar-refractivity contribution in [3.05, 3.63) is 64.6 Å². The number of nitrogens with zero attached hydrogens (tertiary/aromatic N) is 2. The molecule has 2 saturated heterocycles. The molecule has 0 radical (unpaired) electrons. The number of aryl methyl sites for hydroxylation is 1. The minimum absolute atomic E-state index is 0.255. The summed E-state index contributed by atoms with van der Waals surface area (Å²) in [6.07, 6.45) is 1.64. The smallest absolute Gasteiger partial charge is 0.294 e. The summed E-state index contributed by atoms with van der Waals surface area (Å²) in [7, 11) is 0. The number of carbonyl (C=O) groups is 3. The number of hydrogen-bond acceptors (Lipinski definition) is 7. The summed E-state index contributed by atoms with van der Waals surface area (Å²) < 4.78 is 16.7. The molecule has 34 heavy (non-hydrogen) atoms. The summed E-state index contributed by atoms with van der Waals surface area (Å²) in [4.78, 5) is 40.5. The van der Waals surface area contributed by atoms with E-state index in [1.54, 1.807) is 17.0 Å². The maximum absolute atomic E-state index is 12.8. The van der Waals surface area contributed by atoms with Crippen LogP contribution in [0.25, 0.3) is 6.08 Å². The zero-order valence-electron chi connectivity index (χ0n) is 18.9. The van der Waals surface area contributed by atoms with E-state index in [2.05, 4.69) is 0 Å². The van der Waals surface area contributed by atoms with E-state index in [0.29, 0.717) is 45.3 Å². The molecule has 0 bridgehead atoms. The predicted molar refractivity (Wildman–Crippen MR) is 129 cm³/mol. The SMILES string of the molecule is Cc1ccc(OCCOc2cccc(/C=C3\SC(=O)N(CC(=O)N4CCOCC4)C3=O)c2)cc1. The highest BCUT2D eigenvalue weighted by Crippen LogP contribution is 2.32. The summed E-state index contributed by atoms with van der Waals surface area (Å²) in [5, 5.41) is -0.446. The van der Waals surface area contributed by atoms with Crippen molar-refractivity contribution < 1.29 is 28.6 Å². The molecular weight excluding hydrogens is 456 g/mol. The standard InChI is InChI=1S/C25H26N2O6S/c1-18-5-7-20(8-6-18)32-13-14-33-21-4-2-3-19(15-21)16-22-24(29)27(25(30)34-22)17-23(28)26-9-11-31-12-10-26/h2-8,15-16H,9-14,17H2,1H3/b22-16-. The van der Waals surface area contributed by atoms with Gasteiger partial charge in [0, 0.05) is 13.1 Å². The predicted octanol–water partition coefficient (Wildman–Crippen LogP) is 3.35. The third kappa shape index (κ3) is 6.18. The molecule has 178 valence electrons. The molecule has 0 aromatic heterocycles. The summed E-state index contributed by atoms with van der Waals surface area (Å²) in [5.41, 5.74) is 1.89. The van der Waals surface area contributed by atoms with E-state index in [0.717, 1.165) is 28.0 Å². The van der Waals surface area contributed by atoms with Crippen LogP contribution in [0.1, 0.15) is 11.1 Å². The van der Waals surface area contributed by atoms with Gasteiger partial charge in [-0.05, 0) is 54.6 Å². The molecular formula is C25H26N2O6S. The Bertz CT molecular complexity index is 1080. The molecule has 2 aromatic carbocycles. The van der Waals surface area contributed by atoms with Gasteiger partial charge in [0.2, 0.25) is 5.91 Å². The first-order valence-corrected chi connectivity index (χ1v) is 11.8. The summed E-state index contributed by atoms with van der Waals surface area (Å²) in [6, 6.07) is 15.0. The maximum Gasteiger partial charge on any atom is 0.294 e. The van der Waals surface area contributed by atoms with Gasteiger partial charge in [-0.2, -0.15) is 0 Å². The Kier molecular flexibility index (Phi) is 7.87. The molecule has 9 heteroatoms. The number of carbonyl (C=O) groups excluding carboxylic acids is 3. The molecule has 0 aliphatic carbocycles. The van der Waals surface area contributed by atoms with Gasteiger partial charge in [-0.25, -0.2) is 0 Å². The molecule has 0 N–H and O–H groups in total. The van der Waals surface area contributed by atoms with Gasteiger partial charge in [0.15, 0.2) is 0 Å². The van der Waals surface area contributed by atoms with Crippen LogP contribution in [0.2, 0.25) is 0 Å². The van der Waals surface area contributed by atoms with Gasteiger partial charge in [0.1, 0.15) is 31.3 Å². The second-order valence-electron chi connectivity index (χ2n) is 7.84. The minimum atomic E-state index is -0.463. The highest BCUT2D eigenvalue weighted by atomic mass is 32.2. The van der Waals surface area contributed by atoms with Crippen molar-refractivity contribution >= 4 is 34.9 Å².